The molecule has 0 saturated carbocycles. The molecule has 0 amide bonds. The van der Waals surface area contributed by atoms with Crippen molar-refractivity contribution in [2.45, 2.75) is 13.1 Å². The molecule has 2 aromatic rings. The lowest BCUT2D eigenvalue weighted by atomic mass is 10.2. The van der Waals surface area contributed by atoms with Gasteiger partial charge in [-0.15, -0.1) is 0 Å². The highest BCUT2D eigenvalue weighted by Crippen LogP contribution is 2.24. The average molecular weight is 252 g/mol. The standard InChI is InChI=1S/C13H18ClN3/c1-16(2)5-6-17-9-10(8-15)12-4-3-11(14)7-13(12)17/h3-4,7,9H,5-6,8,15H2,1-2H3. The van der Waals surface area contributed by atoms with Crippen molar-refractivity contribution in [1.29, 1.82) is 0 Å². The number of fused-ring (bicyclic) bond motifs is 1. The Labute approximate surface area is 107 Å². The predicted molar refractivity (Wildman–Crippen MR) is 73.4 cm³/mol. The van der Waals surface area contributed by atoms with Gasteiger partial charge in [0.15, 0.2) is 0 Å². The minimum absolute atomic E-state index is 0.563. The summed E-state index contributed by atoms with van der Waals surface area (Å²) in [7, 11) is 4.14. The zero-order valence-electron chi connectivity index (χ0n) is 10.3. The predicted octanol–water partition coefficient (Wildman–Crippen LogP) is 2.32. The molecule has 0 radical (unpaired) electrons. The SMILES string of the molecule is CN(C)CCn1cc(CN)c2ccc(Cl)cc21. The highest BCUT2D eigenvalue weighted by molar-refractivity contribution is 6.31. The number of nitrogens with zero attached hydrogens (tertiary/aromatic N) is 2. The summed E-state index contributed by atoms with van der Waals surface area (Å²) >= 11 is 6.05. The van der Waals surface area contributed by atoms with E-state index in [1.54, 1.807) is 0 Å². The topological polar surface area (TPSA) is 34.2 Å². The quantitative estimate of drug-likeness (QED) is 0.905. The number of hydrogen-bond acceptors (Lipinski definition) is 2. The van der Waals surface area contributed by atoms with E-state index in [0.717, 1.165) is 18.1 Å². The molecule has 0 bridgehead atoms. The number of aromatic nitrogens is 1. The van der Waals surface area contributed by atoms with Crippen LogP contribution in [-0.4, -0.2) is 30.1 Å². The van der Waals surface area contributed by atoms with Crippen molar-refractivity contribution < 1.29 is 0 Å². The van der Waals surface area contributed by atoms with Crippen molar-refractivity contribution in [1.82, 2.24) is 9.47 Å². The van der Waals surface area contributed by atoms with E-state index >= 15 is 0 Å². The lowest BCUT2D eigenvalue weighted by Gasteiger charge is -2.11. The van der Waals surface area contributed by atoms with Crippen LogP contribution >= 0.6 is 11.6 Å². The van der Waals surface area contributed by atoms with Gasteiger partial charge in [-0.05, 0) is 31.8 Å². The minimum Gasteiger partial charge on any atom is -0.346 e. The van der Waals surface area contributed by atoms with Gasteiger partial charge in [0.05, 0.1) is 0 Å². The van der Waals surface area contributed by atoms with Crippen LogP contribution in [0.3, 0.4) is 0 Å². The van der Waals surface area contributed by atoms with E-state index in [9.17, 15) is 0 Å². The Balaban J connectivity index is 2.43. The summed E-state index contributed by atoms with van der Waals surface area (Å²) in [6.07, 6.45) is 2.13. The van der Waals surface area contributed by atoms with Gasteiger partial charge in [0.25, 0.3) is 0 Å². The van der Waals surface area contributed by atoms with Crippen molar-refractivity contribution in [2.75, 3.05) is 20.6 Å². The maximum Gasteiger partial charge on any atom is 0.0499 e. The largest absolute Gasteiger partial charge is 0.346 e. The van der Waals surface area contributed by atoms with Crippen LogP contribution in [0.15, 0.2) is 24.4 Å². The summed E-state index contributed by atoms with van der Waals surface area (Å²) in [6.45, 7) is 2.51. The molecule has 0 saturated heterocycles. The summed E-state index contributed by atoms with van der Waals surface area (Å²) < 4.78 is 2.23. The number of hydrogen-bond donors (Lipinski definition) is 1. The summed E-state index contributed by atoms with van der Waals surface area (Å²) in [5, 5.41) is 1.97. The van der Waals surface area contributed by atoms with Crippen LogP contribution in [0.4, 0.5) is 0 Å². The van der Waals surface area contributed by atoms with E-state index in [1.165, 1.54) is 16.5 Å². The molecular formula is C13H18ClN3. The fourth-order valence-corrected chi connectivity index (χ4v) is 2.16. The Morgan fingerprint density at radius 3 is 2.76 bits per heavy atom. The Hall–Kier alpha value is -1.03. The van der Waals surface area contributed by atoms with Gasteiger partial charge in [0.2, 0.25) is 0 Å². The zero-order valence-corrected chi connectivity index (χ0v) is 11.0. The fraction of sp³-hybridized carbons (Fsp3) is 0.385. The zero-order chi connectivity index (χ0) is 12.4. The molecule has 2 N–H and O–H groups in total. The number of halogens is 1. The molecule has 0 atom stereocenters. The number of likely N-dealkylation sites (N-methyl/N-ethyl adjacent to an activating group) is 1. The van der Waals surface area contributed by atoms with Crippen molar-refractivity contribution in [3.63, 3.8) is 0 Å². The second-order valence-corrected chi connectivity index (χ2v) is 4.95. The first-order valence-electron chi connectivity index (χ1n) is 5.74. The van der Waals surface area contributed by atoms with Crippen molar-refractivity contribution in [3.05, 3.63) is 35.0 Å². The molecule has 3 nitrogen and oxygen atoms in total. The normalized spacial score (nSPS) is 11.6. The van der Waals surface area contributed by atoms with Crippen LogP contribution in [0, 0.1) is 0 Å². The highest BCUT2D eigenvalue weighted by atomic mass is 35.5. The summed E-state index contributed by atoms with van der Waals surface area (Å²) in [5.74, 6) is 0. The van der Waals surface area contributed by atoms with Crippen molar-refractivity contribution in [3.8, 4) is 0 Å². The number of benzene rings is 1. The molecule has 17 heavy (non-hydrogen) atoms. The third kappa shape index (κ3) is 2.63. The molecular weight excluding hydrogens is 234 g/mol. The third-order valence-electron chi connectivity index (χ3n) is 2.93. The smallest absolute Gasteiger partial charge is 0.0499 e. The molecule has 92 valence electrons. The Morgan fingerprint density at radius 2 is 2.12 bits per heavy atom. The summed E-state index contributed by atoms with van der Waals surface area (Å²) in [4.78, 5) is 2.17. The molecule has 1 heterocycles. The van der Waals surface area contributed by atoms with Crippen LogP contribution in [0.2, 0.25) is 5.02 Å². The molecule has 4 heteroatoms. The summed E-state index contributed by atoms with van der Waals surface area (Å²) in [6, 6.07) is 5.97. The maximum atomic E-state index is 6.05. The van der Waals surface area contributed by atoms with E-state index in [1.807, 2.05) is 18.2 Å². The van der Waals surface area contributed by atoms with Crippen LogP contribution < -0.4 is 5.73 Å². The third-order valence-corrected chi connectivity index (χ3v) is 3.17. The minimum atomic E-state index is 0.563. The first-order chi connectivity index (χ1) is 8.11. The number of rotatable bonds is 4. The monoisotopic (exact) mass is 251 g/mol. The maximum absolute atomic E-state index is 6.05. The second-order valence-electron chi connectivity index (χ2n) is 4.52. The first kappa shape index (κ1) is 12.4. The van der Waals surface area contributed by atoms with Gasteiger partial charge in [-0.3, -0.25) is 0 Å². The molecule has 1 aromatic carbocycles. The number of nitrogens with two attached hydrogens (primary N) is 1. The van der Waals surface area contributed by atoms with Crippen molar-refractivity contribution >= 4 is 22.5 Å². The molecule has 0 spiro atoms. The second kappa shape index (κ2) is 5.08. The van der Waals surface area contributed by atoms with Gasteiger partial charge in [-0.1, -0.05) is 17.7 Å². The van der Waals surface area contributed by atoms with E-state index < -0.39 is 0 Å². The Bertz CT molecular complexity index is 517. The molecule has 1 aromatic heterocycles. The average Bonchev–Trinajstić information content (AvgIpc) is 2.63. The molecule has 0 aliphatic rings. The van der Waals surface area contributed by atoms with Gasteiger partial charge < -0.3 is 15.2 Å². The van der Waals surface area contributed by atoms with Crippen LogP contribution in [0.5, 0.6) is 0 Å². The fourth-order valence-electron chi connectivity index (χ4n) is 2.00. The lowest BCUT2D eigenvalue weighted by Crippen LogP contribution is -2.17. The van der Waals surface area contributed by atoms with Gasteiger partial charge in [-0.2, -0.15) is 0 Å². The lowest BCUT2D eigenvalue weighted by molar-refractivity contribution is 0.387. The van der Waals surface area contributed by atoms with Crippen LogP contribution in [0.25, 0.3) is 10.9 Å². The molecule has 2 rings (SSSR count). The van der Waals surface area contributed by atoms with E-state index in [4.69, 9.17) is 17.3 Å². The molecule has 0 unspecified atom stereocenters. The van der Waals surface area contributed by atoms with E-state index in [2.05, 4.69) is 29.8 Å². The molecule has 0 aliphatic carbocycles. The van der Waals surface area contributed by atoms with Gasteiger partial charge in [-0.25, -0.2) is 0 Å². The van der Waals surface area contributed by atoms with Crippen molar-refractivity contribution in [2.24, 2.45) is 5.73 Å². The summed E-state index contributed by atoms with van der Waals surface area (Å²) in [5.41, 5.74) is 8.11. The van der Waals surface area contributed by atoms with Gasteiger partial charge >= 0.3 is 0 Å². The van der Waals surface area contributed by atoms with E-state index in [-0.39, 0.29) is 0 Å². The molecule has 0 fully saturated rings. The van der Waals surface area contributed by atoms with Crippen LogP contribution in [0.1, 0.15) is 5.56 Å². The first-order valence-corrected chi connectivity index (χ1v) is 6.11. The highest BCUT2D eigenvalue weighted by Gasteiger charge is 2.07. The van der Waals surface area contributed by atoms with E-state index in [0.29, 0.717) is 6.54 Å². The molecule has 0 aliphatic heterocycles. The Morgan fingerprint density at radius 1 is 1.35 bits per heavy atom. The van der Waals surface area contributed by atoms with Gasteiger partial charge in [0.1, 0.15) is 0 Å². The van der Waals surface area contributed by atoms with Crippen LogP contribution in [-0.2, 0) is 13.1 Å². The van der Waals surface area contributed by atoms with Gasteiger partial charge in [0, 0.05) is 41.8 Å². The Kier molecular flexibility index (Phi) is 3.72.